The van der Waals surface area contributed by atoms with E-state index in [0.29, 0.717) is 23.9 Å². The molecule has 3 atom stereocenters. The Bertz CT molecular complexity index is 843. The fourth-order valence-electron chi connectivity index (χ4n) is 3.13. The van der Waals surface area contributed by atoms with E-state index >= 15 is 0 Å². The Kier molecular flexibility index (Phi) is 5.69. The van der Waals surface area contributed by atoms with Gasteiger partial charge in [-0.1, -0.05) is 23.7 Å². The lowest BCUT2D eigenvalue weighted by Crippen LogP contribution is -2.52. The number of hydrogen-bond acceptors (Lipinski definition) is 4. The molecular weight excluding hydrogens is 376 g/mol. The summed E-state index contributed by atoms with van der Waals surface area (Å²) >= 11 is 5.98. The van der Waals surface area contributed by atoms with Crippen molar-refractivity contribution in [1.29, 1.82) is 0 Å². The fourth-order valence-corrected chi connectivity index (χ4v) is 4.76. The maximum atomic E-state index is 13.0. The molecule has 7 nitrogen and oxygen atoms in total. The third kappa shape index (κ3) is 4.27. The number of benzene rings is 1. The van der Waals surface area contributed by atoms with Gasteiger partial charge in [0, 0.05) is 37.6 Å². The number of aromatic nitrogens is 2. The van der Waals surface area contributed by atoms with E-state index in [9.17, 15) is 8.42 Å². The number of nitrogens with one attached hydrogen (secondary N) is 1. The Hall–Kier alpha value is -1.45. The first kappa shape index (κ1) is 19.3. The second-order valence-corrected chi connectivity index (χ2v) is 8.72. The number of morpholine rings is 1. The minimum Gasteiger partial charge on any atom is -0.373 e. The molecule has 0 radical (unpaired) electrons. The molecule has 1 aromatic carbocycles. The van der Waals surface area contributed by atoms with E-state index in [1.807, 2.05) is 20.9 Å². The lowest BCUT2D eigenvalue weighted by molar-refractivity contribution is -0.0444. The minimum absolute atomic E-state index is 0.155. The van der Waals surface area contributed by atoms with Gasteiger partial charge in [0.2, 0.25) is 0 Å². The monoisotopic (exact) mass is 398 g/mol. The van der Waals surface area contributed by atoms with Crippen LogP contribution in [0.4, 0.5) is 0 Å². The van der Waals surface area contributed by atoms with Crippen molar-refractivity contribution in [1.82, 2.24) is 18.6 Å². The van der Waals surface area contributed by atoms with E-state index in [-0.39, 0.29) is 12.2 Å². The van der Waals surface area contributed by atoms with Gasteiger partial charge in [-0.3, -0.25) is 0 Å². The van der Waals surface area contributed by atoms with Crippen molar-refractivity contribution < 1.29 is 13.2 Å². The Labute approximate surface area is 159 Å². The van der Waals surface area contributed by atoms with Crippen LogP contribution in [0.2, 0.25) is 5.02 Å². The van der Waals surface area contributed by atoms with Crippen molar-refractivity contribution in [2.75, 3.05) is 13.1 Å². The zero-order chi connectivity index (χ0) is 18.9. The standard InChI is InChI=1S/C17H23ClN4O3S/c1-12-10-22(11-13(2)25-12)26(23,24)20-16(17-19-8-9-21(17)3)14-4-6-15(18)7-5-14/h4-9,12-13,16,20H,10-11H2,1-3H3/t12-,13+,16-/m1/s1. The minimum atomic E-state index is -3.73. The van der Waals surface area contributed by atoms with Gasteiger partial charge in [-0.25, -0.2) is 4.98 Å². The molecule has 2 aromatic rings. The van der Waals surface area contributed by atoms with Crippen molar-refractivity contribution in [2.24, 2.45) is 7.05 Å². The van der Waals surface area contributed by atoms with Crippen molar-refractivity contribution in [3.05, 3.63) is 53.1 Å². The van der Waals surface area contributed by atoms with Gasteiger partial charge in [-0.2, -0.15) is 17.4 Å². The van der Waals surface area contributed by atoms with Crippen molar-refractivity contribution >= 4 is 21.8 Å². The molecule has 3 rings (SSSR count). The molecule has 1 aliphatic heterocycles. The van der Waals surface area contributed by atoms with E-state index in [1.54, 1.807) is 41.2 Å². The van der Waals surface area contributed by atoms with Gasteiger partial charge in [0.15, 0.2) is 0 Å². The molecular formula is C17H23ClN4O3S. The van der Waals surface area contributed by atoms with Crippen LogP contribution < -0.4 is 4.72 Å². The molecule has 0 amide bonds. The predicted octanol–water partition coefficient (Wildman–Crippen LogP) is 2.11. The molecule has 1 N–H and O–H groups in total. The third-order valence-corrected chi connectivity index (χ3v) is 6.08. The fraction of sp³-hybridized carbons (Fsp3) is 0.471. The van der Waals surface area contributed by atoms with Crippen LogP contribution in [0.15, 0.2) is 36.7 Å². The average Bonchev–Trinajstić information content (AvgIpc) is 2.98. The SMILES string of the molecule is C[C@@H]1CN(S(=O)(=O)N[C@H](c2ccc(Cl)cc2)c2nccn2C)C[C@H](C)O1. The molecule has 142 valence electrons. The van der Waals surface area contributed by atoms with Gasteiger partial charge in [0.05, 0.1) is 12.2 Å². The first-order valence-electron chi connectivity index (χ1n) is 8.42. The molecule has 0 saturated carbocycles. The maximum absolute atomic E-state index is 13.0. The van der Waals surface area contributed by atoms with Crippen LogP contribution in [0.1, 0.15) is 31.3 Å². The molecule has 1 aliphatic rings. The zero-order valence-electron chi connectivity index (χ0n) is 15.0. The summed E-state index contributed by atoms with van der Waals surface area (Å²) in [5.74, 6) is 0.602. The summed E-state index contributed by atoms with van der Waals surface area (Å²) in [7, 11) is -1.90. The number of hydrogen-bond donors (Lipinski definition) is 1. The van der Waals surface area contributed by atoms with Crippen LogP contribution >= 0.6 is 11.6 Å². The molecule has 0 bridgehead atoms. The summed E-state index contributed by atoms with van der Waals surface area (Å²) < 4.78 is 37.7. The van der Waals surface area contributed by atoms with Gasteiger partial charge in [0.25, 0.3) is 10.2 Å². The Morgan fingerprint density at radius 1 is 1.23 bits per heavy atom. The normalized spacial score (nSPS) is 23.1. The quantitative estimate of drug-likeness (QED) is 0.836. The molecule has 0 aliphatic carbocycles. The number of rotatable bonds is 5. The highest BCUT2D eigenvalue weighted by Gasteiger charge is 2.34. The Morgan fingerprint density at radius 3 is 2.38 bits per heavy atom. The van der Waals surface area contributed by atoms with Gasteiger partial charge >= 0.3 is 0 Å². The van der Waals surface area contributed by atoms with Crippen LogP contribution in [-0.2, 0) is 22.0 Å². The number of aryl methyl sites for hydroxylation is 1. The third-order valence-electron chi connectivity index (χ3n) is 4.31. The molecule has 1 fully saturated rings. The first-order chi connectivity index (χ1) is 12.3. The molecule has 2 heterocycles. The van der Waals surface area contributed by atoms with Crippen LogP contribution in [0.3, 0.4) is 0 Å². The molecule has 0 spiro atoms. The second-order valence-electron chi connectivity index (χ2n) is 6.58. The Balaban J connectivity index is 1.92. The van der Waals surface area contributed by atoms with E-state index in [0.717, 1.165) is 5.56 Å². The van der Waals surface area contributed by atoms with E-state index < -0.39 is 16.3 Å². The van der Waals surface area contributed by atoms with Crippen LogP contribution in [0.5, 0.6) is 0 Å². The van der Waals surface area contributed by atoms with E-state index in [2.05, 4.69) is 9.71 Å². The lowest BCUT2D eigenvalue weighted by atomic mass is 10.1. The number of imidazole rings is 1. The lowest BCUT2D eigenvalue weighted by Gasteiger charge is -2.35. The molecule has 1 saturated heterocycles. The van der Waals surface area contributed by atoms with Crippen molar-refractivity contribution in [2.45, 2.75) is 32.1 Å². The zero-order valence-corrected chi connectivity index (χ0v) is 16.5. The summed E-state index contributed by atoms with van der Waals surface area (Å²) in [5.41, 5.74) is 0.765. The van der Waals surface area contributed by atoms with Crippen molar-refractivity contribution in [3.8, 4) is 0 Å². The van der Waals surface area contributed by atoms with Gasteiger partial charge in [0.1, 0.15) is 11.9 Å². The highest BCUT2D eigenvalue weighted by Crippen LogP contribution is 2.24. The predicted molar refractivity (Wildman–Crippen MR) is 100 cm³/mol. The number of ether oxygens (including phenoxy) is 1. The molecule has 9 heteroatoms. The van der Waals surface area contributed by atoms with Crippen LogP contribution in [-0.4, -0.2) is 47.6 Å². The van der Waals surface area contributed by atoms with Gasteiger partial charge < -0.3 is 9.30 Å². The van der Waals surface area contributed by atoms with E-state index in [1.165, 1.54) is 4.31 Å². The van der Waals surface area contributed by atoms with Crippen LogP contribution in [0.25, 0.3) is 0 Å². The highest BCUT2D eigenvalue weighted by molar-refractivity contribution is 7.87. The smallest absolute Gasteiger partial charge is 0.280 e. The number of halogens is 1. The average molecular weight is 399 g/mol. The largest absolute Gasteiger partial charge is 0.373 e. The summed E-state index contributed by atoms with van der Waals surface area (Å²) in [4.78, 5) is 4.33. The summed E-state index contributed by atoms with van der Waals surface area (Å²) in [5, 5.41) is 0.589. The topological polar surface area (TPSA) is 76.5 Å². The van der Waals surface area contributed by atoms with Gasteiger partial charge in [-0.15, -0.1) is 0 Å². The molecule has 0 unspecified atom stereocenters. The highest BCUT2D eigenvalue weighted by atomic mass is 35.5. The molecule has 26 heavy (non-hydrogen) atoms. The Morgan fingerprint density at radius 2 is 1.85 bits per heavy atom. The summed E-state index contributed by atoms with van der Waals surface area (Å²) in [6, 6.07) is 6.45. The van der Waals surface area contributed by atoms with Crippen LogP contribution in [0, 0.1) is 0 Å². The van der Waals surface area contributed by atoms with Gasteiger partial charge in [-0.05, 0) is 31.5 Å². The summed E-state index contributed by atoms with van der Waals surface area (Å²) in [6.07, 6.45) is 3.12. The number of nitrogens with zero attached hydrogens (tertiary/aromatic N) is 3. The van der Waals surface area contributed by atoms with E-state index in [4.69, 9.17) is 16.3 Å². The second kappa shape index (κ2) is 7.66. The molecule has 1 aromatic heterocycles. The summed E-state index contributed by atoms with van der Waals surface area (Å²) in [6.45, 7) is 4.36. The first-order valence-corrected chi connectivity index (χ1v) is 10.2. The van der Waals surface area contributed by atoms with Crippen molar-refractivity contribution in [3.63, 3.8) is 0 Å². The maximum Gasteiger partial charge on any atom is 0.280 e.